The van der Waals surface area contributed by atoms with Crippen LogP contribution in [0.5, 0.6) is 17.2 Å². The van der Waals surface area contributed by atoms with Crippen LogP contribution in [0.2, 0.25) is 0 Å². The molecule has 0 fully saturated rings. The molecule has 0 heterocycles. The van der Waals surface area contributed by atoms with Gasteiger partial charge in [-0.1, -0.05) is 54.6 Å². The van der Waals surface area contributed by atoms with Gasteiger partial charge in [-0.25, -0.2) is 0 Å². The molecule has 0 saturated heterocycles. The Morgan fingerprint density at radius 2 is 0.617 bits per heavy atom. The summed E-state index contributed by atoms with van der Waals surface area (Å²) in [5, 5.41) is 59.4. The Morgan fingerprint density at radius 1 is 0.383 bits per heavy atom. The second kappa shape index (κ2) is 21.5. The summed E-state index contributed by atoms with van der Waals surface area (Å²) in [5.74, 6) is -0.670. The summed E-state index contributed by atoms with van der Waals surface area (Å²) < 4.78 is 0. The number of allylic oxidation sites excluding steroid dienone is 3. The van der Waals surface area contributed by atoms with Crippen LogP contribution in [-0.2, 0) is 0 Å². The fourth-order valence-corrected chi connectivity index (χ4v) is 4.90. The van der Waals surface area contributed by atoms with Crippen molar-refractivity contribution in [1.82, 2.24) is 0 Å². The molecule has 0 saturated carbocycles. The fraction of sp³-hybridized carbons (Fsp3) is 0. The van der Waals surface area contributed by atoms with Gasteiger partial charge in [-0.2, -0.15) is 0 Å². The number of non-ortho nitro benzene ring substituents is 3. The monoisotopic (exact) mass is 807 g/mol. The van der Waals surface area contributed by atoms with Gasteiger partial charge in [0, 0.05) is 53.1 Å². The van der Waals surface area contributed by atoms with E-state index in [1.54, 1.807) is 91.0 Å². The molecule has 0 unspecified atom stereocenters. The summed E-state index contributed by atoms with van der Waals surface area (Å²) in [7, 11) is 0. The molecule has 0 aliphatic heterocycles. The number of nitro groups is 3. The highest BCUT2D eigenvalue weighted by Gasteiger charge is 2.07. The second-order valence-electron chi connectivity index (χ2n) is 12.3. The highest BCUT2D eigenvalue weighted by Crippen LogP contribution is 2.18. The van der Waals surface area contributed by atoms with Crippen molar-refractivity contribution in [2.24, 2.45) is 0 Å². The van der Waals surface area contributed by atoms with Gasteiger partial charge in [-0.3, -0.25) is 44.7 Å². The Balaban J connectivity index is 0.000000198. The molecule has 3 N–H and O–H groups in total. The molecule has 0 amide bonds. The maximum absolute atomic E-state index is 11.8. The Kier molecular flexibility index (Phi) is 15.7. The van der Waals surface area contributed by atoms with E-state index in [1.165, 1.54) is 91.0 Å². The topological polar surface area (TPSA) is 241 Å². The molecule has 0 aliphatic rings. The van der Waals surface area contributed by atoms with E-state index < -0.39 is 14.8 Å². The first kappa shape index (κ1) is 43.9. The average Bonchev–Trinajstić information content (AvgIpc) is 3.24. The van der Waals surface area contributed by atoms with Crippen LogP contribution in [0.4, 0.5) is 17.1 Å². The molecule has 0 bridgehead atoms. The minimum atomic E-state index is -0.481. The van der Waals surface area contributed by atoms with E-state index >= 15 is 0 Å². The molecular weight excluding hydrogens is 775 g/mol. The SMILES string of the molecule is O=C(/C=C/c1ccc([N+](=O)[O-])cc1)c1cccc(O)c1.O=C(/C=C/c1ccc([N+](=O)[O-])cc1)c1cccc(O)c1.O=C(/C=C/c1ccc([N+](=O)[O-])cc1)c1cccc(O)c1. The summed E-state index contributed by atoms with van der Waals surface area (Å²) in [4.78, 5) is 65.6. The molecule has 0 atom stereocenters. The zero-order chi connectivity index (χ0) is 43.6. The molecule has 0 aliphatic carbocycles. The number of phenolic OH excluding ortho intramolecular Hbond substituents is 3. The zero-order valence-electron chi connectivity index (χ0n) is 31.2. The van der Waals surface area contributed by atoms with Gasteiger partial charge in [0.25, 0.3) is 17.1 Å². The maximum Gasteiger partial charge on any atom is 0.269 e. The lowest BCUT2D eigenvalue weighted by Crippen LogP contribution is -1.93. The van der Waals surface area contributed by atoms with Crippen LogP contribution in [0.15, 0.2) is 164 Å². The number of nitro benzene ring substituents is 3. The molecule has 6 rings (SSSR count). The first-order valence-corrected chi connectivity index (χ1v) is 17.5. The molecule has 60 heavy (non-hydrogen) atoms. The minimum absolute atomic E-state index is 0.00135. The van der Waals surface area contributed by atoms with Crippen LogP contribution in [0.25, 0.3) is 18.2 Å². The quantitative estimate of drug-likeness (QED) is 0.0453. The van der Waals surface area contributed by atoms with Gasteiger partial charge < -0.3 is 15.3 Å². The Hall–Kier alpha value is -8.85. The predicted octanol–water partition coefficient (Wildman–Crippen LogP) is 9.59. The van der Waals surface area contributed by atoms with Crippen LogP contribution >= 0.6 is 0 Å². The van der Waals surface area contributed by atoms with E-state index in [-0.39, 0.29) is 51.7 Å². The largest absolute Gasteiger partial charge is 0.508 e. The number of aromatic hydroxyl groups is 3. The third-order valence-corrected chi connectivity index (χ3v) is 7.99. The number of carbonyl (C=O) groups is 3. The Morgan fingerprint density at radius 3 is 0.817 bits per heavy atom. The van der Waals surface area contributed by atoms with E-state index in [4.69, 9.17) is 0 Å². The van der Waals surface area contributed by atoms with Gasteiger partial charge in [0.15, 0.2) is 17.3 Å². The summed E-state index contributed by atoms with van der Waals surface area (Å²) in [6.07, 6.45) is 8.77. The number of nitrogens with zero attached hydrogens (tertiary/aromatic N) is 3. The van der Waals surface area contributed by atoms with Gasteiger partial charge >= 0.3 is 0 Å². The van der Waals surface area contributed by atoms with Crippen molar-refractivity contribution in [3.05, 3.63) is 228 Å². The Bertz CT molecular complexity index is 2310. The molecule has 15 heteroatoms. The van der Waals surface area contributed by atoms with Crippen LogP contribution in [0.3, 0.4) is 0 Å². The minimum Gasteiger partial charge on any atom is -0.508 e. The van der Waals surface area contributed by atoms with E-state index in [1.807, 2.05) is 0 Å². The molecule has 6 aromatic carbocycles. The summed E-state index contributed by atoms with van der Waals surface area (Å²) in [5.41, 5.74) is 3.19. The number of ketones is 3. The second-order valence-corrected chi connectivity index (χ2v) is 12.3. The lowest BCUT2D eigenvalue weighted by molar-refractivity contribution is -0.385. The van der Waals surface area contributed by atoms with Gasteiger partial charge in [-0.15, -0.1) is 0 Å². The smallest absolute Gasteiger partial charge is 0.269 e. The van der Waals surface area contributed by atoms with Crippen molar-refractivity contribution in [3.63, 3.8) is 0 Å². The molecule has 0 radical (unpaired) electrons. The van der Waals surface area contributed by atoms with E-state index in [0.717, 1.165) is 0 Å². The van der Waals surface area contributed by atoms with Crippen LogP contribution in [0, 0.1) is 30.3 Å². The summed E-state index contributed by atoms with van der Waals surface area (Å²) in [6.45, 7) is 0. The van der Waals surface area contributed by atoms with E-state index in [0.29, 0.717) is 33.4 Å². The molecule has 0 aromatic heterocycles. The highest BCUT2D eigenvalue weighted by atomic mass is 16.6. The van der Waals surface area contributed by atoms with Crippen molar-refractivity contribution >= 4 is 52.6 Å². The molecule has 15 nitrogen and oxygen atoms in total. The average molecular weight is 808 g/mol. The van der Waals surface area contributed by atoms with Gasteiger partial charge in [0.2, 0.25) is 0 Å². The Labute approximate surface area is 341 Å². The first-order valence-electron chi connectivity index (χ1n) is 17.5. The number of phenols is 3. The maximum atomic E-state index is 11.8. The van der Waals surface area contributed by atoms with E-state index in [9.17, 15) is 60.0 Å². The molecule has 300 valence electrons. The number of benzene rings is 6. The lowest BCUT2D eigenvalue weighted by atomic mass is 10.1. The van der Waals surface area contributed by atoms with Crippen LogP contribution in [0.1, 0.15) is 47.8 Å². The zero-order valence-corrected chi connectivity index (χ0v) is 31.2. The highest BCUT2D eigenvalue weighted by molar-refractivity contribution is 6.08. The number of rotatable bonds is 12. The van der Waals surface area contributed by atoms with Crippen molar-refractivity contribution in [2.75, 3.05) is 0 Å². The van der Waals surface area contributed by atoms with Crippen molar-refractivity contribution in [1.29, 1.82) is 0 Å². The van der Waals surface area contributed by atoms with E-state index in [2.05, 4.69) is 0 Å². The molecule has 6 aromatic rings. The van der Waals surface area contributed by atoms with Crippen molar-refractivity contribution < 1.29 is 44.5 Å². The first-order chi connectivity index (χ1) is 28.7. The summed E-state index contributed by atoms with van der Waals surface area (Å²) >= 11 is 0. The van der Waals surface area contributed by atoms with Crippen molar-refractivity contribution in [2.45, 2.75) is 0 Å². The summed E-state index contributed by atoms with van der Waals surface area (Å²) in [6, 6.07) is 35.7. The lowest BCUT2D eigenvalue weighted by Gasteiger charge is -1.97. The number of hydrogen-bond donors (Lipinski definition) is 3. The van der Waals surface area contributed by atoms with Gasteiger partial charge in [-0.05, 0) is 108 Å². The normalized spacial score (nSPS) is 10.6. The standard InChI is InChI=1S/3C15H11NO4/c3*17-14-3-1-2-12(10-14)15(18)9-6-11-4-7-13(8-5-11)16(19)20/h3*1-10,17H/b3*9-6+. The molecule has 0 spiro atoms. The third kappa shape index (κ3) is 14.0. The van der Waals surface area contributed by atoms with Crippen molar-refractivity contribution in [3.8, 4) is 17.2 Å². The molecular formula is C45H33N3O12. The third-order valence-electron chi connectivity index (χ3n) is 7.99. The van der Waals surface area contributed by atoms with Crippen LogP contribution in [-0.4, -0.2) is 47.4 Å². The predicted molar refractivity (Wildman–Crippen MR) is 224 cm³/mol. The fourth-order valence-electron chi connectivity index (χ4n) is 4.90. The van der Waals surface area contributed by atoms with Crippen LogP contribution < -0.4 is 0 Å². The number of carbonyl (C=O) groups excluding carboxylic acids is 3. The number of hydrogen-bond acceptors (Lipinski definition) is 12. The van der Waals surface area contributed by atoms with Gasteiger partial charge in [0.05, 0.1) is 14.8 Å². The van der Waals surface area contributed by atoms with Gasteiger partial charge in [0.1, 0.15) is 17.2 Å².